The predicted octanol–water partition coefficient (Wildman–Crippen LogP) is 3.79. The van der Waals surface area contributed by atoms with Gasteiger partial charge >= 0.3 is 0 Å². The van der Waals surface area contributed by atoms with Crippen LogP contribution in [0, 0.1) is 0 Å². The van der Waals surface area contributed by atoms with Crippen LogP contribution in [-0.2, 0) is 9.47 Å². The highest BCUT2D eigenvalue weighted by molar-refractivity contribution is 9.09. The van der Waals surface area contributed by atoms with E-state index < -0.39 is 0 Å². The molecule has 5 heteroatoms. The van der Waals surface area contributed by atoms with E-state index in [-0.39, 0.29) is 17.4 Å². The van der Waals surface area contributed by atoms with Crippen molar-refractivity contribution in [3.63, 3.8) is 0 Å². The molecule has 1 aromatic heterocycles. The quantitative estimate of drug-likeness (QED) is 0.793. The average molecular weight is 317 g/mol. The van der Waals surface area contributed by atoms with Gasteiger partial charge in [0.15, 0.2) is 6.29 Å². The molecule has 1 aliphatic heterocycles. The van der Waals surface area contributed by atoms with Gasteiger partial charge in [0, 0.05) is 18.4 Å². The SMILES string of the molecule is CC(C)n1ccnc1[C@H](C)OC1CCCC(Br)O1. The maximum absolute atomic E-state index is 5.96. The second kappa shape index (κ2) is 6.17. The number of halogens is 1. The fourth-order valence-corrected chi connectivity index (χ4v) is 2.78. The fraction of sp³-hybridized carbons (Fsp3) is 0.769. The molecule has 0 saturated carbocycles. The number of imidazole rings is 1. The van der Waals surface area contributed by atoms with Gasteiger partial charge in [-0.15, -0.1) is 0 Å². The van der Waals surface area contributed by atoms with Gasteiger partial charge in [-0.2, -0.15) is 0 Å². The summed E-state index contributed by atoms with van der Waals surface area (Å²) in [7, 11) is 0. The molecule has 1 aromatic rings. The van der Waals surface area contributed by atoms with Gasteiger partial charge in [-0.05, 0) is 40.0 Å². The summed E-state index contributed by atoms with van der Waals surface area (Å²) in [4.78, 5) is 4.39. The Hall–Kier alpha value is -0.390. The molecule has 18 heavy (non-hydrogen) atoms. The van der Waals surface area contributed by atoms with Crippen molar-refractivity contribution in [3.8, 4) is 0 Å². The second-order valence-electron chi connectivity index (χ2n) is 4.97. The molecule has 3 atom stereocenters. The lowest BCUT2D eigenvalue weighted by molar-refractivity contribution is -0.194. The van der Waals surface area contributed by atoms with Crippen molar-refractivity contribution in [3.05, 3.63) is 18.2 Å². The summed E-state index contributed by atoms with van der Waals surface area (Å²) in [6.45, 7) is 6.31. The van der Waals surface area contributed by atoms with Crippen LogP contribution in [0.25, 0.3) is 0 Å². The number of hydrogen-bond acceptors (Lipinski definition) is 3. The summed E-state index contributed by atoms with van der Waals surface area (Å²) in [6, 6.07) is 0.393. The van der Waals surface area contributed by atoms with Gasteiger partial charge in [-0.25, -0.2) is 4.98 Å². The van der Waals surface area contributed by atoms with E-state index in [0.717, 1.165) is 25.1 Å². The smallest absolute Gasteiger partial charge is 0.160 e. The number of nitrogens with zero attached hydrogens (tertiary/aromatic N) is 2. The minimum absolute atomic E-state index is 0.0507. The highest BCUT2D eigenvalue weighted by Gasteiger charge is 2.24. The fourth-order valence-electron chi connectivity index (χ4n) is 2.21. The lowest BCUT2D eigenvalue weighted by atomic mass is 10.2. The first-order chi connectivity index (χ1) is 8.58. The lowest BCUT2D eigenvalue weighted by Crippen LogP contribution is -2.28. The molecule has 0 aliphatic carbocycles. The van der Waals surface area contributed by atoms with Crippen molar-refractivity contribution < 1.29 is 9.47 Å². The third-order valence-electron chi connectivity index (χ3n) is 3.14. The first kappa shape index (κ1) is 14.0. The lowest BCUT2D eigenvalue weighted by Gasteiger charge is -2.29. The monoisotopic (exact) mass is 316 g/mol. The molecule has 0 spiro atoms. The molecular formula is C13H21BrN2O2. The van der Waals surface area contributed by atoms with E-state index in [0.29, 0.717) is 6.04 Å². The molecule has 0 aromatic carbocycles. The van der Waals surface area contributed by atoms with Crippen molar-refractivity contribution in [1.82, 2.24) is 9.55 Å². The summed E-state index contributed by atoms with van der Waals surface area (Å²) in [6.07, 6.45) is 6.77. The number of aromatic nitrogens is 2. The molecule has 2 heterocycles. The van der Waals surface area contributed by atoms with E-state index in [1.54, 1.807) is 0 Å². The van der Waals surface area contributed by atoms with Crippen molar-refractivity contribution in [2.75, 3.05) is 0 Å². The Labute approximate surface area is 117 Å². The molecule has 0 radical (unpaired) electrons. The highest BCUT2D eigenvalue weighted by Crippen LogP contribution is 2.28. The standard InChI is InChI=1S/C13H21BrN2O2/c1-9(2)16-8-7-15-13(16)10(3)17-12-6-4-5-11(14)18-12/h7-12H,4-6H2,1-3H3/t10-,11?,12?/m0/s1. The zero-order chi connectivity index (χ0) is 13.1. The van der Waals surface area contributed by atoms with Gasteiger partial charge < -0.3 is 14.0 Å². The van der Waals surface area contributed by atoms with E-state index >= 15 is 0 Å². The van der Waals surface area contributed by atoms with Crippen LogP contribution in [0.2, 0.25) is 0 Å². The van der Waals surface area contributed by atoms with E-state index in [9.17, 15) is 0 Å². The summed E-state index contributed by atoms with van der Waals surface area (Å²) in [5.41, 5.74) is 0. The van der Waals surface area contributed by atoms with Gasteiger partial charge in [0.1, 0.15) is 16.9 Å². The third-order valence-corrected chi connectivity index (χ3v) is 3.82. The van der Waals surface area contributed by atoms with Crippen LogP contribution in [0.5, 0.6) is 0 Å². The van der Waals surface area contributed by atoms with Crippen LogP contribution in [0.1, 0.15) is 58.0 Å². The van der Waals surface area contributed by atoms with Gasteiger partial charge in [0.2, 0.25) is 0 Å². The first-order valence-electron chi connectivity index (χ1n) is 6.55. The first-order valence-corrected chi connectivity index (χ1v) is 7.47. The van der Waals surface area contributed by atoms with E-state index in [1.807, 2.05) is 19.3 Å². The van der Waals surface area contributed by atoms with Gasteiger partial charge in [-0.1, -0.05) is 15.9 Å². The largest absolute Gasteiger partial charge is 0.342 e. The number of rotatable bonds is 4. The molecule has 1 fully saturated rings. The molecule has 4 nitrogen and oxygen atoms in total. The Morgan fingerprint density at radius 2 is 2.22 bits per heavy atom. The van der Waals surface area contributed by atoms with Crippen molar-refractivity contribution in [2.24, 2.45) is 0 Å². The Morgan fingerprint density at radius 1 is 1.44 bits per heavy atom. The molecule has 2 rings (SSSR count). The topological polar surface area (TPSA) is 36.3 Å². The van der Waals surface area contributed by atoms with E-state index in [2.05, 4.69) is 39.3 Å². The minimum atomic E-state index is -0.129. The summed E-state index contributed by atoms with van der Waals surface area (Å²) < 4.78 is 13.8. The molecular weight excluding hydrogens is 296 g/mol. The predicted molar refractivity (Wildman–Crippen MR) is 73.6 cm³/mol. The van der Waals surface area contributed by atoms with Crippen LogP contribution in [0.15, 0.2) is 12.4 Å². The minimum Gasteiger partial charge on any atom is -0.342 e. The van der Waals surface area contributed by atoms with Crippen molar-refractivity contribution in [2.45, 2.75) is 63.5 Å². The number of hydrogen-bond donors (Lipinski definition) is 0. The normalized spacial score (nSPS) is 26.5. The van der Waals surface area contributed by atoms with Gasteiger partial charge in [0.25, 0.3) is 0 Å². The second-order valence-corrected chi connectivity index (χ2v) is 5.99. The van der Waals surface area contributed by atoms with E-state index in [1.165, 1.54) is 0 Å². The molecule has 1 aliphatic rings. The van der Waals surface area contributed by atoms with Crippen molar-refractivity contribution >= 4 is 15.9 Å². The van der Waals surface area contributed by atoms with Crippen LogP contribution < -0.4 is 0 Å². The Balaban J connectivity index is 1.98. The summed E-state index contributed by atoms with van der Waals surface area (Å²) in [5, 5.41) is 0.119. The molecule has 0 amide bonds. The molecule has 1 saturated heterocycles. The Bertz CT molecular complexity index is 381. The third kappa shape index (κ3) is 3.33. The van der Waals surface area contributed by atoms with Gasteiger partial charge in [0.05, 0.1) is 0 Å². The molecule has 2 unspecified atom stereocenters. The maximum atomic E-state index is 5.96. The molecule has 0 bridgehead atoms. The number of ether oxygens (including phenoxy) is 2. The van der Waals surface area contributed by atoms with Crippen LogP contribution in [0.3, 0.4) is 0 Å². The molecule has 0 N–H and O–H groups in total. The van der Waals surface area contributed by atoms with Crippen molar-refractivity contribution in [1.29, 1.82) is 0 Å². The molecule has 102 valence electrons. The average Bonchev–Trinajstić information content (AvgIpc) is 2.77. The van der Waals surface area contributed by atoms with E-state index in [4.69, 9.17) is 9.47 Å². The zero-order valence-electron chi connectivity index (χ0n) is 11.2. The zero-order valence-corrected chi connectivity index (χ0v) is 12.8. The maximum Gasteiger partial charge on any atom is 0.160 e. The van der Waals surface area contributed by atoms with Crippen LogP contribution in [0.4, 0.5) is 0 Å². The summed E-state index contributed by atoms with van der Waals surface area (Å²) in [5.74, 6) is 0.963. The van der Waals surface area contributed by atoms with Crippen LogP contribution in [-0.4, -0.2) is 20.9 Å². The summed E-state index contributed by atoms with van der Waals surface area (Å²) >= 11 is 3.48. The number of alkyl halides is 1. The Morgan fingerprint density at radius 3 is 2.89 bits per heavy atom. The van der Waals surface area contributed by atoms with Crippen LogP contribution >= 0.6 is 15.9 Å². The van der Waals surface area contributed by atoms with Gasteiger partial charge in [-0.3, -0.25) is 0 Å². The Kier molecular flexibility index (Phi) is 4.81. The highest BCUT2D eigenvalue weighted by atomic mass is 79.9.